The zero-order chi connectivity index (χ0) is 7.40. The van der Waals surface area contributed by atoms with Crippen LogP contribution in [0, 0.1) is 11.8 Å². The minimum Gasteiger partial charge on any atom is -0.384 e. The molecule has 10 heavy (non-hydrogen) atoms. The minimum atomic E-state index is -0.134. The predicted molar refractivity (Wildman–Crippen MR) is 35.0 cm³/mol. The smallest absolute Gasteiger partial charge is 0.131 e. The van der Waals surface area contributed by atoms with E-state index in [-0.39, 0.29) is 6.61 Å². The summed E-state index contributed by atoms with van der Waals surface area (Å²) in [5, 5.41) is 15.6. The van der Waals surface area contributed by atoms with Crippen molar-refractivity contribution in [2.24, 2.45) is 7.05 Å². The Morgan fingerprint density at radius 1 is 1.80 bits per heavy atom. The third-order valence-electron chi connectivity index (χ3n) is 1.01. The van der Waals surface area contributed by atoms with Gasteiger partial charge >= 0.3 is 0 Å². The van der Waals surface area contributed by atoms with Gasteiger partial charge in [0.05, 0.1) is 6.20 Å². The highest BCUT2D eigenvalue weighted by molar-refractivity contribution is 5.24. The summed E-state index contributed by atoms with van der Waals surface area (Å²) in [6.45, 7) is -0.134. The Kier molecular flexibility index (Phi) is 2.03. The molecule has 4 nitrogen and oxygen atoms in total. The van der Waals surface area contributed by atoms with E-state index in [2.05, 4.69) is 22.2 Å². The fraction of sp³-hybridized carbons (Fsp3) is 0.333. The number of aliphatic hydroxyl groups excluding tert-OH is 1. The van der Waals surface area contributed by atoms with Crippen LogP contribution >= 0.6 is 0 Å². The average molecular weight is 137 g/mol. The fourth-order valence-corrected chi connectivity index (χ4v) is 0.533. The van der Waals surface area contributed by atoms with E-state index < -0.39 is 0 Å². The van der Waals surface area contributed by atoms with Crippen LogP contribution < -0.4 is 0 Å². The van der Waals surface area contributed by atoms with E-state index in [9.17, 15) is 0 Å². The molecule has 1 aromatic heterocycles. The molecule has 4 heteroatoms. The first-order valence-corrected chi connectivity index (χ1v) is 2.79. The summed E-state index contributed by atoms with van der Waals surface area (Å²) in [6, 6.07) is 0. The van der Waals surface area contributed by atoms with Crippen molar-refractivity contribution in [3.05, 3.63) is 11.9 Å². The first-order valence-electron chi connectivity index (χ1n) is 2.79. The van der Waals surface area contributed by atoms with Crippen molar-refractivity contribution in [3.63, 3.8) is 0 Å². The fourth-order valence-electron chi connectivity index (χ4n) is 0.533. The number of aliphatic hydroxyl groups is 1. The molecule has 0 atom stereocenters. The van der Waals surface area contributed by atoms with Crippen LogP contribution in [0.4, 0.5) is 0 Å². The van der Waals surface area contributed by atoms with Crippen LogP contribution in [0.2, 0.25) is 0 Å². The molecule has 1 N–H and O–H groups in total. The lowest BCUT2D eigenvalue weighted by atomic mass is 10.4. The summed E-state index contributed by atoms with van der Waals surface area (Å²) < 4.78 is 1.54. The van der Waals surface area contributed by atoms with Gasteiger partial charge in [0.2, 0.25) is 0 Å². The second-order valence-corrected chi connectivity index (χ2v) is 1.70. The molecular weight excluding hydrogens is 130 g/mol. The molecule has 0 aliphatic heterocycles. The highest BCUT2D eigenvalue weighted by Crippen LogP contribution is 1.87. The lowest BCUT2D eigenvalue weighted by Gasteiger charge is -1.85. The van der Waals surface area contributed by atoms with Gasteiger partial charge in [-0.15, -0.1) is 5.10 Å². The molecule has 0 saturated heterocycles. The molecule has 0 aliphatic carbocycles. The van der Waals surface area contributed by atoms with Crippen LogP contribution in [0.5, 0.6) is 0 Å². The van der Waals surface area contributed by atoms with Gasteiger partial charge in [0.25, 0.3) is 0 Å². The highest BCUT2D eigenvalue weighted by Gasteiger charge is 1.90. The number of rotatable bonds is 0. The quantitative estimate of drug-likeness (QED) is 0.474. The van der Waals surface area contributed by atoms with Crippen molar-refractivity contribution in [2.75, 3.05) is 6.61 Å². The van der Waals surface area contributed by atoms with Crippen LogP contribution in [0.1, 0.15) is 5.69 Å². The molecule has 0 amide bonds. The van der Waals surface area contributed by atoms with Gasteiger partial charge in [-0.1, -0.05) is 11.1 Å². The Labute approximate surface area is 58.5 Å². The minimum absolute atomic E-state index is 0.134. The summed E-state index contributed by atoms with van der Waals surface area (Å²) in [6.07, 6.45) is 1.54. The second kappa shape index (κ2) is 2.99. The predicted octanol–water partition coefficient (Wildman–Crippen LogP) is -0.841. The third kappa shape index (κ3) is 1.33. The highest BCUT2D eigenvalue weighted by atomic mass is 16.2. The Balaban J connectivity index is 2.84. The molecular formula is C6H7N3O. The molecule has 52 valence electrons. The normalized spacial score (nSPS) is 8.60. The molecule has 1 aromatic rings. The average Bonchev–Trinajstić information content (AvgIpc) is 2.31. The maximum Gasteiger partial charge on any atom is 0.131 e. The molecule has 0 bridgehead atoms. The topological polar surface area (TPSA) is 50.9 Å². The van der Waals surface area contributed by atoms with Gasteiger partial charge in [-0.05, 0) is 5.92 Å². The molecule has 0 aliphatic rings. The third-order valence-corrected chi connectivity index (χ3v) is 1.01. The molecule has 0 unspecified atom stereocenters. The SMILES string of the molecule is Cn1nncc1C#CCO. The Morgan fingerprint density at radius 3 is 3.10 bits per heavy atom. The van der Waals surface area contributed by atoms with Crippen molar-refractivity contribution in [1.82, 2.24) is 15.0 Å². The molecule has 1 heterocycles. The molecule has 0 saturated carbocycles. The zero-order valence-corrected chi connectivity index (χ0v) is 5.57. The number of hydrogen-bond donors (Lipinski definition) is 1. The summed E-state index contributed by atoms with van der Waals surface area (Å²) in [5.74, 6) is 5.18. The van der Waals surface area contributed by atoms with Gasteiger partial charge < -0.3 is 5.11 Å². The monoisotopic (exact) mass is 137 g/mol. The van der Waals surface area contributed by atoms with Gasteiger partial charge in [-0.3, -0.25) is 0 Å². The molecule has 0 spiro atoms. The Bertz CT molecular complexity index is 268. The molecule has 0 aromatic carbocycles. The van der Waals surface area contributed by atoms with E-state index in [1.807, 2.05) is 0 Å². The number of hydrogen-bond acceptors (Lipinski definition) is 3. The maximum absolute atomic E-state index is 8.33. The van der Waals surface area contributed by atoms with E-state index in [4.69, 9.17) is 5.11 Å². The first-order chi connectivity index (χ1) is 4.84. The van der Waals surface area contributed by atoms with Gasteiger partial charge in [0, 0.05) is 7.05 Å². The Morgan fingerprint density at radius 2 is 2.60 bits per heavy atom. The maximum atomic E-state index is 8.33. The van der Waals surface area contributed by atoms with E-state index in [1.165, 1.54) is 0 Å². The summed E-state index contributed by atoms with van der Waals surface area (Å²) >= 11 is 0. The van der Waals surface area contributed by atoms with Crippen molar-refractivity contribution >= 4 is 0 Å². The van der Waals surface area contributed by atoms with Crippen LogP contribution in [0.15, 0.2) is 6.20 Å². The van der Waals surface area contributed by atoms with E-state index >= 15 is 0 Å². The van der Waals surface area contributed by atoms with E-state index in [1.54, 1.807) is 17.9 Å². The van der Waals surface area contributed by atoms with Crippen LogP contribution in [-0.4, -0.2) is 26.7 Å². The van der Waals surface area contributed by atoms with Gasteiger partial charge in [-0.25, -0.2) is 4.68 Å². The number of aryl methyl sites for hydroxylation is 1. The Hall–Kier alpha value is -1.34. The summed E-state index contributed by atoms with van der Waals surface area (Å²) in [5.41, 5.74) is 0.703. The largest absolute Gasteiger partial charge is 0.384 e. The molecule has 0 fully saturated rings. The van der Waals surface area contributed by atoms with Gasteiger partial charge in [0.1, 0.15) is 12.3 Å². The number of aromatic nitrogens is 3. The van der Waals surface area contributed by atoms with Crippen molar-refractivity contribution < 1.29 is 5.11 Å². The summed E-state index contributed by atoms with van der Waals surface area (Å²) in [4.78, 5) is 0. The van der Waals surface area contributed by atoms with Gasteiger partial charge in [-0.2, -0.15) is 0 Å². The van der Waals surface area contributed by atoms with Crippen LogP contribution in [0.3, 0.4) is 0 Å². The standard InChI is InChI=1S/C6H7N3O/c1-9-6(3-2-4-10)5-7-8-9/h5,10H,4H2,1H3. The van der Waals surface area contributed by atoms with Crippen molar-refractivity contribution in [3.8, 4) is 11.8 Å². The van der Waals surface area contributed by atoms with Crippen LogP contribution in [0.25, 0.3) is 0 Å². The first kappa shape index (κ1) is 6.78. The second-order valence-electron chi connectivity index (χ2n) is 1.70. The van der Waals surface area contributed by atoms with E-state index in [0.29, 0.717) is 5.69 Å². The van der Waals surface area contributed by atoms with Crippen molar-refractivity contribution in [1.29, 1.82) is 0 Å². The summed E-state index contributed by atoms with van der Waals surface area (Å²) in [7, 11) is 1.74. The van der Waals surface area contributed by atoms with Crippen LogP contribution in [-0.2, 0) is 7.05 Å². The lowest BCUT2D eigenvalue weighted by Crippen LogP contribution is -1.93. The number of nitrogens with zero attached hydrogens (tertiary/aromatic N) is 3. The molecule has 1 rings (SSSR count). The van der Waals surface area contributed by atoms with Gasteiger partial charge in [0.15, 0.2) is 0 Å². The van der Waals surface area contributed by atoms with E-state index in [0.717, 1.165) is 0 Å². The lowest BCUT2D eigenvalue weighted by molar-refractivity contribution is 0.350. The molecule has 0 radical (unpaired) electrons. The van der Waals surface area contributed by atoms with Crippen molar-refractivity contribution in [2.45, 2.75) is 0 Å². The zero-order valence-electron chi connectivity index (χ0n) is 5.57.